The van der Waals surface area contributed by atoms with Crippen LogP contribution in [0.1, 0.15) is 15.9 Å². The van der Waals surface area contributed by atoms with E-state index < -0.39 is 5.97 Å². The predicted molar refractivity (Wildman–Crippen MR) is 75.7 cm³/mol. The summed E-state index contributed by atoms with van der Waals surface area (Å²) < 4.78 is 5.66. The number of hydrogen-bond acceptors (Lipinski definition) is 3. The summed E-state index contributed by atoms with van der Waals surface area (Å²) in [5.41, 5.74) is 0.833. The van der Waals surface area contributed by atoms with Crippen LogP contribution in [0.2, 0.25) is 5.02 Å². The van der Waals surface area contributed by atoms with Crippen LogP contribution in [0.4, 0.5) is 0 Å². The molecule has 0 spiro atoms. The van der Waals surface area contributed by atoms with Crippen molar-refractivity contribution in [2.24, 2.45) is 0 Å². The average molecular weight is 293 g/mol. The van der Waals surface area contributed by atoms with Crippen molar-refractivity contribution in [2.45, 2.75) is 6.42 Å². The van der Waals surface area contributed by atoms with Crippen LogP contribution in [0.5, 0.6) is 11.5 Å². The fourth-order valence-corrected chi connectivity index (χ4v) is 1.97. The molecule has 0 fully saturated rings. The summed E-state index contributed by atoms with van der Waals surface area (Å²) in [5, 5.41) is 18.6. The molecule has 2 aromatic carbocycles. The Morgan fingerprint density at radius 2 is 1.90 bits per heavy atom. The van der Waals surface area contributed by atoms with Crippen LogP contribution in [0.3, 0.4) is 0 Å². The molecule has 2 N–H and O–H groups in total. The van der Waals surface area contributed by atoms with Gasteiger partial charge in [0.15, 0.2) is 0 Å². The quantitative estimate of drug-likeness (QED) is 0.887. The Bertz CT molecular complexity index is 625. The number of carboxylic acids is 1. The van der Waals surface area contributed by atoms with Crippen LogP contribution in [-0.4, -0.2) is 22.8 Å². The van der Waals surface area contributed by atoms with Gasteiger partial charge in [0.1, 0.15) is 17.1 Å². The molecule has 20 heavy (non-hydrogen) atoms. The van der Waals surface area contributed by atoms with Crippen molar-refractivity contribution in [2.75, 3.05) is 6.61 Å². The predicted octanol–water partition coefficient (Wildman–Crippen LogP) is 3.37. The van der Waals surface area contributed by atoms with E-state index in [0.29, 0.717) is 17.2 Å². The Balaban J connectivity index is 2.39. The van der Waals surface area contributed by atoms with Gasteiger partial charge in [-0.2, -0.15) is 0 Å². The number of rotatable bonds is 5. The molecule has 2 rings (SSSR count). The summed E-state index contributed by atoms with van der Waals surface area (Å²) in [7, 11) is 0. The Labute approximate surface area is 121 Å². The number of ether oxygens (including phenoxy) is 1. The van der Waals surface area contributed by atoms with Crippen LogP contribution in [-0.2, 0) is 6.42 Å². The molecule has 0 radical (unpaired) electrons. The molecule has 0 saturated heterocycles. The van der Waals surface area contributed by atoms with Gasteiger partial charge in [0, 0.05) is 17.7 Å². The zero-order chi connectivity index (χ0) is 14.5. The molecule has 0 bridgehead atoms. The molecule has 4 nitrogen and oxygen atoms in total. The molecule has 0 heterocycles. The highest BCUT2D eigenvalue weighted by molar-refractivity contribution is 6.30. The van der Waals surface area contributed by atoms with E-state index in [1.165, 1.54) is 18.2 Å². The Morgan fingerprint density at radius 1 is 1.15 bits per heavy atom. The number of halogens is 1. The van der Waals surface area contributed by atoms with Crippen LogP contribution in [0.25, 0.3) is 0 Å². The van der Waals surface area contributed by atoms with Gasteiger partial charge in [0.25, 0.3) is 0 Å². The molecule has 104 valence electrons. The average Bonchev–Trinajstić information content (AvgIpc) is 2.41. The smallest absolute Gasteiger partial charge is 0.339 e. The van der Waals surface area contributed by atoms with Gasteiger partial charge in [-0.25, -0.2) is 4.79 Å². The van der Waals surface area contributed by atoms with Gasteiger partial charge >= 0.3 is 5.97 Å². The first kappa shape index (κ1) is 14.4. The third-order valence-electron chi connectivity index (χ3n) is 2.75. The third kappa shape index (κ3) is 3.29. The lowest BCUT2D eigenvalue weighted by atomic mass is 10.1. The topological polar surface area (TPSA) is 66.8 Å². The van der Waals surface area contributed by atoms with Gasteiger partial charge in [0.2, 0.25) is 0 Å². The Kier molecular flexibility index (Phi) is 4.61. The fraction of sp³-hybridized carbons (Fsp3) is 0.133. The molecule has 0 aliphatic heterocycles. The van der Waals surface area contributed by atoms with Gasteiger partial charge in [0.05, 0.1) is 0 Å². The van der Waals surface area contributed by atoms with E-state index in [-0.39, 0.29) is 17.9 Å². The second-order valence-corrected chi connectivity index (χ2v) is 4.57. The number of aromatic carboxylic acids is 1. The minimum Gasteiger partial charge on any atom is -0.478 e. The van der Waals surface area contributed by atoms with E-state index in [9.17, 15) is 4.79 Å². The van der Waals surface area contributed by atoms with Crippen LogP contribution < -0.4 is 4.74 Å². The van der Waals surface area contributed by atoms with Crippen LogP contribution >= 0.6 is 11.6 Å². The lowest BCUT2D eigenvalue weighted by molar-refractivity contribution is 0.0694. The van der Waals surface area contributed by atoms with Gasteiger partial charge in [-0.1, -0.05) is 29.8 Å². The van der Waals surface area contributed by atoms with Crippen molar-refractivity contribution in [3.8, 4) is 11.5 Å². The third-order valence-corrected chi connectivity index (χ3v) is 2.98. The molecule has 0 amide bonds. The highest BCUT2D eigenvalue weighted by atomic mass is 35.5. The number of hydrogen-bond donors (Lipinski definition) is 2. The van der Waals surface area contributed by atoms with E-state index in [4.69, 9.17) is 26.6 Å². The summed E-state index contributed by atoms with van der Waals surface area (Å²) in [6.45, 7) is -0.0122. The van der Waals surface area contributed by atoms with Crippen LogP contribution in [0.15, 0.2) is 42.5 Å². The highest BCUT2D eigenvalue weighted by Gasteiger charge is 2.14. The SMILES string of the molecule is O=C(O)c1ccc(Cl)cc1Oc1ccccc1CCO. The monoisotopic (exact) mass is 292 g/mol. The maximum Gasteiger partial charge on any atom is 0.339 e. The first-order valence-electron chi connectivity index (χ1n) is 6.01. The Hall–Kier alpha value is -2.04. The van der Waals surface area contributed by atoms with Crippen molar-refractivity contribution >= 4 is 17.6 Å². The number of para-hydroxylation sites is 1. The summed E-state index contributed by atoms with van der Waals surface area (Å²) in [4.78, 5) is 11.2. The van der Waals surface area contributed by atoms with Crippen LogP contribution in [0, 0.1) is 0 Å². The lowest BCUT2D eigenvalue weighted by Crippen LogP contribution is -2.01. The standard InChI is InChI=1S/C15H13ClO4/c16-11-5-6-12(15(18)19)14(9-11)20-13-4-2-1-3-10(13)7-8-17/h1-6,9,17H,7-8H2,(H,18,19). The molecular formula is C15H13ClO4. The largest absolute Gasteiger partial charge is 0.478 e. The van der Waals surface area contributed by atoms with Crippen molar-refractivity contribution in [3.63, 3.8) is 0 Å². The van der Waals surface area contributed by atoms with Gasteiger partial charge in [-0.15, -0.1) is 0 Å². The summed E-state index contributed by atoms with van der Waals surface area (Å²) in [5.74, 6) is -0.405. The number of benzene rings is 2. The van der Waals surface area contributed by atoms with E-state index in [1.807, 2.05) is 12.1 Å². The number of carboxylic acid groups (broad SMARTS) is 1. The molecule has 0 aromatic heterocycles. The van der Waals surface area contributed by atoms with E-state index in [1.54, 1.807) is 12.1 Å². The Morgan fingerprint density at radius 3 is 2.60 bits per heavy atom. The molecule has 0 atom stereocenters. The van der Waals surface area contributed by atoms with Crippen molar-refractivity contribution in [1.82, 2.24) is 0 Å². The molecule has 2 aromatic rings. The molecule has 0 aliphatic rings. The molecule has 0 saturated carbocycles. The van der Waals surface area contributed by atoms with E-state index in [0.717, 1.165) is 5.56 Å². The highest BCUT2D eigenvalue weighted by Crippen LogP contribution is 2.30. The van der Waals surface area contributed by atoms with Gasteiger partial charge < -0.3 is 14.9 Å². The molecule has 0 unspecified atom stereocenters. The van der Waals surface area contributed by atoms with E-state index in [2.05, 4.69) is 0 Å². The van der Waals surface area contributed by atoms with Gasteiger partial charge in [-0.3, -0.25) is 0 Å². The first-order valence-corrected chi connectivity index (χ1v) is 6.39. The van der Waals surface area contributed by atoms with Crippen molar-refractivity contribution in [3.05, 3.63) is 58.6 Å². The number of aliphatic hydroxyl groups excluding tert-OH is 1. The van der Waals surface area contributed by atoms with Crippen molar-refractivity contribution in [1.29, 1.82) is 0 Å². The number of carbonyl (C=O) groups is 1. The first-order chi connectivity index (χ1) is 9.61. The second-order valence-electron chi connectivity index (χ2n) is 4.13. The number of aliphatic hydroxyl groups is 1. The van der Waals surface area contributed by atoms with Gasteiger partial charge in [-0.05, 0) is 30.2 Å². The molecular weight excluding hydrogens is 280 g/mol. The molecule has 5 heteroatoms. The van der Waals surface area contributed by atoms with E-state index >= 15 is 0 Å². The summed E-state index contributed by atoms with van der Waals surface area (Å²) in [6.07, 6.45) is 0.430. The maximum absolute atomic E-state index is 11.2. The zero-order valence-corrected chi connectivity index (χ0v) is 11.3. The zero-order valence-electron chi connectivity index (χ0n) is 10.5. The minimum atomic E-state index is -1.09. The summed E-state index contributed by atoms with van der Waals surface area (Å²) >= 11 is 5.88. The second kappa shape index (κ2) is 6.41. The normalized spacial score (nSPS) is 10.3. The maximum atomic E-state index is 11.2. The lowest BCUT2D eigenvalue weighted by Gasteiger charge is -2.12. The van der Waals surface area contributed by atoms with Crippen molar-refractivity contribution < 1.29 is 19.7 Å². The minimum absolute atomic E-state index is 0.0122. The fourth-order valence-electron chi connectivity index (χ4n) is 1.81. The summed E-state index contributed by atoms with van der Waals surface area (Å²) in [6, 6.07) is 11.5. The molecule has 0 aliphatic carbocycles.